The van der Waals surface area contributed by atoms with Gasteiger partial charge in [0.05, 0.1) is 20.1 Å². The summed E-state index contributed by atoms with van der Waals surface area (Å²) in [4.78, 5) is 21.0. The van der Waals surface area contributed by atoms with Gasteiger partial charge in [0.1, 0.15) is 0 Å². The highest BCUT2D eigenvalue weighted by atomic mass is 16.5. The molecule has 5 aliphatic carbocycles. The molecule has 5 rings (SSSR count). The number of ether oxygens (including phenoxy) is 2. The number of hydrogen-bond acceptors (Lipinski definition) is 4. The van der Waals surface area contributed by atoms with E-state index in [1.54, 1.807) is 0 Å². The van der Waals surface area contributed by atoms with E-state index < -0.39 is 5.97 Å². The second-order valence-electron chi connectivity index (χ2n) is 7.99. The van der Waals surface area contributed by atoms with E-state index in [4.69, 9.17) is 4.74 Å². The van der Waals surface area contributed by atoms with E-state index >= 15 is 0 Å². The molecule has 7 unspecified atom stereocenters. The predicted octanol–water partition coefficient (Wildman–Crippen LogP) is 4.10. The first-order chi connectivity index (χ1) is 13.1. The fraction of sp³-hybridized carbons (Fsp3) is 0.565. The lowest BCUT2D eigenvalue weighted by Gasteiger charge is -2.18. The number of hydrogen-bond donors (Lipinski definition) is 0. The third-order valence-electron chi connectivity index (χ3n) is 6.61. The van der Waals surface area contributed by atoms with Gasteiger partial charge in [-0.1, -0.05) is 43.0 Å². The molecule has 0 amide bonds. The van der Waals surface area contributed by atoms with Gasteiger partial charge in [-0.3, -0.25) is 4.79 Å². The summed E-state index contributed by atoms with van der Waals surface area (Å²) in [5.41, 5.74) is 0. The Hall–Kier alpha value is -2.10. The molecule has 0 aromatic heterocycles. The minimum absolute atomic E-state index is 0.0261. The molecule has 0 spiro atoms. The molecule has 146 valence electrons. The molecular formula is C23H30O4. The molecule has 2 saturated carbocycles. The predicted molar refractivity (Wildman–Crippen MR) is 105 cm³/mol. The first-order valence-electron chi connectivity index (χ1n) is 9.88. The van der Waals surface area contributed by atoms with Crippen LogP contribution in [0.4, 0.5) is 0 Å². The normalized spacial score (nSPS) is 37.8. The van der Waals surface area contributed by atoms with Crippen LogP contribution >= 0.6 is 0 Å². The van der Waals surface area contributed by atoms with Gasteiger partial charge in [-0.05, 0) is 61.2 Å². The summed E-state index contributed by atoms with van der Waals surface area (Å²) in [6.45, 7) is 3.16. The molecule has 5 aliphatic rings. The SMILES string of the molecule is C1=CC2C3C=CC(C3)C2C1.C=CC(=O)OC.COC(=O)C1CC2C=CC1C2. The number of rotatable bonds is 2. The lowest BCUT2D eigenvalue weighted by atomic mass is 9.86. The van der Waals surface area contributed by atoms with E-state index in [0.717, 1.165) is 36.2 Å². The van der Waals surface area contributed by atoms with Gasteiger partial charge >= 0.3 is 11.9 Å². The van der Waals surface area contributed by atoms with Crippen LogP contribution < -0.4 is 0 Å². The van der Waals surface area contributed by atoms with Crippen LogP contribution in [0.5, 0.6) is 0 Å². The van der Waals surface area contributed by atoms with E-state index in [1.165, 1.54) is 33.5 Å². The molecule has 0 aliphatic heterocycles. The van der Waals surface area contributed by atoms with Crippen LogP contribution in [0.15, 0.2) is 49.1 Å². The molecule has 0 heterocycles. The molecule has 2 fully saturated rings. The molecule has 0 aromatic rings. The van der Waals surface area contributed by atoms with Gasteiger partial charge in [0.2, 0.25) is 0 Å². The third-order valence-corrected chi connectivity index (χ3v) is 6.61. The largest absolute Gasteiger partial charge is 0.469 e. The smallest absolute Gasteiger partial charge is 0.329 e. The summed E-state index contributed by atoms with van der Waals surface area (Å²) in [5, 5.41) is 0. The zero-order chi connectivity index (χ0) is 19.4. The fourth-order valence-corrected chi connectivity index (χ4v) is 5.26. The molecule has 0 saturated heterocycles. The number of esters is 2. The zero-order valence-corrected chi connectivity index (χ0v) is 16.3. The van der Waals surface area contributed by atoms with E-state index in [1.807, 2.05) is 0 Å². The Kier molecular flexibility index (Phi) is 6.35. The Balaban J connectivity index is 0.000000123. The van der Waals surface area contributed by atoms with Crippen LogP contribution in [0.1, 0.15) is 25.7 Å². The highest BCUT2D eigenvalue weighted by Gasteiger charge is 2.44. The third kappa shape index (κ3) is 4.26. The summed E-state index contributed by atoms with van der Waals surface area (Å²) in [6.07, 6.45) is 20.2. The molecule has 7 atom stereocenters. The lowest BCUT2D eigenvalue weighted by Crippen LogP contribution is -2.19. The minimum atomic E-state index is -0.394. The summed E-state index contributed by atoms with van der Waals surface area (Å²) in [5.74, 6) is 4.70. The quantitative estimate of drug-likeness (QED) is 0.417. The van der Waals surface area contributed by atoms with Gasteiger partial charge in [0, 0.05) is 6.08 Å². The van der Waals surface area contributed by atoms with Crippen molar-refractivity contribution in [2.75, 3.05) is 14.2 Å². The van der Waals surface area contributed by atoms with E-state index in [2.05, 4.69) is 47.8 Å². The highest BCUT2D eigenvalue weighted by molar-refractivity contribution is 5.80. The molecule has 4 bridgehead atoms. The van der Waals surface area contributed by atoms with Gasteiger partial charge in [0.25, 0.3) is 0 Å². The van der Waals surface area contributed by atoms with Crippen LogP contribution in [-0.4, -0.2) is 26.2 Å². The summed E-state index contributed by atoms with van der Waals surface area (Å²) >= 11 is 0. The number of carbonyl (C=O) groups excluding carboxylic acids is 2. The van der Waals surface area contributed by atoms with E-state index in [-0.39, 0.29) is 11.9 Å². The van der Waals surface area contributed by atoms with Crippen molar-refractivity contribution in [1.82, 2.24) is 0 Å². The van der Waals surface area contributed by atoms with Gasteiger partial charge < -0.3 is 9.47 Å². The maximum Gasteiger partial charge on any atom is 0.329 e. The molecule has 27 heavy (non-hydrogen) atoms. The van der Waals surface area contributed by atoms with Crippen molar-refractivity contribution in [2.24, 2.45) is 41.4 Å². The number of carbonyl (C=O) groups is 2. The van der Waals surface area contributed by atoms with Crippen LogP contribution in [-0.2, 0) is 19.1 Å². The van der Waals surface area contributed by atoms with Crippen LogP contribution in [0.3, 0.4) is 0 Å². The van der Waals surface area contributed by atoms with Crippen molar-refractivity contribution in [1.29, 1.82) is 0 Å². The van der Waals surface area contributed by atoms with Crippen molar-refractivity contribution in [3.8, 4) is 0 Å². The van der Waals surface area contributed by atoms with Crippen LogP contribution in [0, 0.1) is 41.4 Å². The van der Waals surface area contributed by atoms with Crippen LogP contribution in [0.25, 0.3) is 0 Å². The standard InChI is InChI=1S/C10H12.C9H12O2.C4H6O2/c1-2-9-7-4-5-8(6-7)10(9)3-1;1-11-9(10)8-5-6-2-3-7(8)4-6;1-3-4(5)6-2/h1-2,4-5,7-10H,3,6H2;2-3,6-8H,4-5H2,1H3;3H,1H2,2H3. The van der Waals surface area contributed by atoms with Gasteiger partial charge in [0.15, 0.2) is 0 Å². The Morgan fingerprint density at radius 3 is 2.19 bits per heavy atom. The van der Waals surface area contributed by atoms with Crippen molar-refractivity contribution < 1.29 is 19.1 Å². The van der Waals surface area contributed by atoms with Crippen molar-refractivity contribution in [3.63, 3.8) is 0 Å². The van der Waals surface area contributed by atoms with Crippen molar-refractivity contribution in [2.45, 2.75) is 25.7 Å². The summed E-state index contributed by atoms with van der Waals surface area (Å²) in [7, 11) is 2.78. The average Bonchev–Trinajstić information content (AvgIpc) is 3.51. The zero-order valence-electron chi connectivity index (χ0n) is 16.3. The first-order valence-corrected chi connectivity index (χ1v) is 9.88. The van der Waals surface area contributed by atoms with Gasteiger partial charge in [-0.25, -0.2) is 4.79 Å². The highest BCUT2D eigenvalue weighted by Crippen LogP contribution is 2.52. The number of allylic oxidation sites excluding steroid dienone is 6. The Morgan fingerprint density at radius 2 is 1.67 bits per heavy atom. The molecular weight excluding hydrogens is 340 g/mol. The average molecular weight is 370 g/mol. The molecule has 0 radical (unpaired) electrons. The molecule has 4 nitrogen and oxygen atoms in total. The van der Waals surface area contributed by atoms with E-state index in [9.17, 15) is 9.59 Å². The summed E-state index contributed by atoms with van der Waals surface area (Å²) in [6, 6.07) is 0. The second kappa shape index (κ2) is 8.73. The summed E-state index contributed by atoms with van der Waals surface area (Å²) < 4.78 is 8.86. The maximum absolute atomic E-state index is 11.1. The van der Waals surface area contributed by atoms with Crippen molar-refractivity contribution >= 4 is 11.9 Å². The lowest BCUT2D eigenvalue weighted by molar-refractivity contribution is -0.146. The monoisotopic (exact) mass is 370 g/mol. The topological polar surface area (TPSA) is 52.6 Å². The first kappa shape index (κ1) is 19.7. The minimum Gasteiger partial charge on any atom is -0.469 e. The van der Waals surface area contributed by atoms with E-state index in [0.29, 0.717) is 11.8 Å². The Labute approximate surface area is 162 Å². The fourth-order valence-electron chi connectivity index (χ4n) is 5.26. The number of fused-ring (bicyclic) bond motifs is 7. The molecule has 0 N–H and O–H groups in total. The molecule has 0 aromatic carbocycles. The van der Waals surface area contributed by atoms with Gasteiger partial charge in [-0.15, -0.1) is 0 Å². The van der Waals surface area contributed by atoms with Gasteiger partial charge in [-0.2, -0.15) is 0 Å². The molecule has 4 heteroatoms. The van der Waals surface area contributed by atoms with Crippen molar-refractivity contribution in [3.05, 3.63) is 49.1 Å². The Bertz CT molecular complexity index is 659. The maximum atomic E-state index is 11.1. The number of methoxy groups -OCH3 is 2. The Morgan fingerprint density at radius 1 is 0.926 bits per heavy atom. The second-order valence-corrected chi connectivity index (χ2v) is 7.99. The van der Waals surface area contributed by atoms with Crippen LogP contribution in [0.2, 0.25) is 0 Å².